The molecule has 0 bridgehead atoms. The Morgan fingerprint density at radius 1 is 1.21 bits per heavy atom. The maximum Gasteiger partial charge on any atom is 0.156 e. The Balaban J connectivity index is 1.61. The van der Waals surface area contributed by atoms with Crippen LogP contribution in [-0.4, -0.2) is 41.5 Å². The van der Waals surface area contributed by atoms with Crippen molar-refractivity contribution >= 4 is 38.8 Å². The lowest BCUT2D eigenvalue weighted by Crippen LogP contribution is -2.56. The quantitative estimate of drug-likeness (QED) is 0.420. The van der Waals surface area contributed by atoms with Crippen LogP contribution in [0.5, 0.6) is 5.75 Å². The van der Waals surface area contributed by atoms with Crippen molar-refractivity contribution in [2.24, 2.45) is 10.7 Å². The van der Waals surface area contributed by atoms with E-state index in [1.807, 2.05) is 25.1 Å². The first-order chi connectivity index (χ1) is 16.1. The first kappa shape index (κ1) is 22.4. The molecule has 1 aromatic carbocycles. The second kappa shape index (κ2) is 7.56. The van der Waals surface area contributed by atoms with E-state index in [1.54, 1.807) is 32.2 Å². The first-order valence-electron chi connectivity index (χ1n) is 10.9. The fourth-order valence-corrected chi connectivity index (χ4v) is 7.03. The fourth-order valence-electron chi connectivity index (χ4n) is 4.72. The van der Waals surface area contributed by atoms with Gasteiger partial charge in [-0.25, -0.2) is 4.98 Å². The van der Waals surface area contributed by atoms with Gasteiger partial charge >= 0.3 is 0 Å². The van der Waals surface area contributed by atoms with Crippen LogP contribution in [0.25, 0.3) is 10.9 Å². The third-order valence-electron chi connectivity index (χ3n) is 6.90. The highest BCUT2D eigenvalue weighted by Gasteiger charge is 2.57. The number of nitrogens with one attached hydrogen (secondary N) is 1. The van der Waals surface area contributed by atoms with Gasteiger partial charge in [0.25, 0.3) is 0 Å². The molecule has 10 heteroatoms. The summed E-state index contributed by atoms with van der Waals surface area (Å²) in [4.78, 5) is 13.7. The van der Waals surface area contributed by atoms with Crippen LogP contribution in [0.1, 0.15) is 38.3 Å². The second-order valence-electron chi connectivity index (χ2n) is 9.28. The third kappa shape index (κ3) is 3.20. The van der Waals surface area contributed by atoms with Crippen molar-refractivity contribution in [2.75, 3.05) is 11.9 Å². The summed E-state index contributed by atoms with van der Waals surface area (Å²) in [5.74, 6) is 1.38. The first-order valence-corrected chi connectivity index (χ1v) is 12.5. The Kier molecular flexibility index (Phi) is 4.98. The van der Waals surface area contributed by atoms with Gasteiger partial charge in [-0.3, -0.25) is 19.1 Å². The predicted octanol–water partition coefficient (Wildman–Crippen LogP) is 4.51. The van der Waals surface area contributed by atoms with E-state index in [4.69, 9.17) is 20.7 Å². The molecule has 4 heterocycles. The number of benzene rings is 1. The van der Waals surface area contributed by atoms with Gasteiger partial charge in [0, 0.05) is 35.5 Å². The molecule has 0 saturated heterocycles. The van der Waals surface area contributed by atoms with E-state index < -0.39 is 26.1 Å². The van der Waals surface area contributed by atoms with E-state index in [1.165, 1.54) is 6.20 Å². The Morgan fingerprint density at radius 3 is 2.76 bits per heavy atom. The van der Waals surface area contributed by atoms with Gasteiger partial charge in [-0.05, 0) is 51.1 Å². The van der Waals surface area contributed by atoms with E-state index >= 15 is 0 Å². The SMILES string of the molecule is CC1(C)C(N)=N[C@]2(C)c3cc(Nc4nccc5cc(C#N)cnc45)ccc3OCC[C@H]2S1(O)O. The standard InChI is InChI=1S/C24H26N6O3S/c1-23(2)22(26)30-24(3)17-11-16(4-5-18(17)33-9-7-19(24)34(23,31)32)29-21-20-15(6-8-27-21)10-14(12-25)13-28-20/h4-6,8,10-11,13,19,31-32H,7,9H2,1-3H3,(H2,26,30)(H,27,29)/t19-,24-/m1/s1. The number of hydrogen-bond donors (Lipinski definition) is 4. The summed E-state index contributed by atoms with van der Waals surface area (Å²) >= 11 is 0. The molecule has 34 heavy (non-hydrogen) atoms. The molecule has 0 amide bonds. The molecule has 5 N–H and O–H groups in total. The van der Waals surface area contributed by atoms with Crippen molar-refractivity contribution in [3.63, 3.8) is 0 Å². The minimum absolute atomic E-state index is 0.214. The Bertz CT molecular complexity index is 1380. The lowest BCUT2D eigenvalue weighted by molar-refractivity contribution is 0.304. The molecule has 3 aromatic rings. The number of anilines is 2. The number of nitriles is 1. The third-order valence-corrected chi connectivity index (χ3v) is 10.1. The number of ether oxygens (including phenoxy) is 1. The highest BCUT2D eigenvalue weighted by Crippen LogP contribution is 2.66. The number of hydrogen-bond acceptors (Lipinski definition) is 9. The molecule has 0 fully saturated rings. The molecule has 0 saturated carbocycles. The van der Waals surface area contributed by atoms with Gasteiger partial charge in [0.2, 0.25) is 0 Å². The maximum absolute atomic E-state index is 11.3. The molecule has 2 aromatic heterocycles. The van der Waals surface area contributed by atoms with Crippen LogP contribution in [0.3, 0.4) is 0 Å². The summed E-state index contributed by atoms with van der Waals surface area (Å²) in [6.45, 7) is 5.68. The van der Waals surface area contributed by atoms with Crippen molar-refractivity contribution in [1.29, 1.82) is 5.26 Å². The summed E-state index contributed by atoms with van der Waals surface area (Å²) in [6, 6.07) is 11.3. The smallest absolute Gasteiger partial charge is 0.156 e. The predicted molar refractivity (Wildman–Crippen MR) is 134 cm³/mol. The van der Waals surface area contributed by atoms with Crippen molar-refractivity contribution in [2.45, 2.75) is 42.7 Å². The molecule has 0 aliphatic carbocycles. The number of pyridine rings is 2. The van der Waals surface area contributed by atoms with Crippen LogP contribution < -0.4 is 15.8 Å². The van der Waals surface area contributed by atoms with Crippen molar-refractivity contribution < 1.29 is 13.8 Å². The number of nitrogens with two attached hydrogens (primary N) is 1. The van der Waals surface area contributed by atoms with E-state index in [0.29, 0.717) is 41.4 Å². The van der Waals surface area contributed by atoms with Crippen molar-refractivity contribution in [3.8, 4) is 11.8 Å². The van der Waals surface area contributed by atoms with Crippen LogP contribution in [-0.2, 0) is 5.54 Å². The number of rotatable bonds is 2. The summed E-state index contributed by atoms with van der Waals surface area (Å²) in [6.07, 6.45) is 3.60. The number of aliphatic imine (C=N–C) groups is 1. The van der Waals surface area contributed by atoms with Gasteiger partial charge in [-0.2, -0.15) is 15.9 Å². The van der Waals surface area contributed by atoms with Gasteiger partial charge < -0.3 is 15.8 Å². The molecular formula is C24H26N6O3S. The van der Waals surface area contributed by atoms with E-state index in [2.05, 4.69) is 21.4 Å². The molecule has 0 spiro atoms. The number of nitrogens with zero attached hydrogens (tertiary/aromatic N) is 4. The molecule has 2 atom stereocenters. The zero-order valence-corrected chi connectivity index (χ0v) is 19.9. The largest absolute Gasteiger partial charge is 0.493 e. The lowest BCUT2D eigenvalue weighted by Gasteiger charge is -2.58. The average Bonchev–Trinajstić information content (AvgIpc) is 2.95. The molecule has 2 aliphatic rings. The average molecular weight is 479 g/mol. The molecular weight excluding hydrogens is 452 g/mol. The number of amidine groups is 1. The van der Waals surface area contributed by atoms with Crippen LogP contribution >= 0.6 is 10.6 Å². The normalized spacial score (nSPS) is 25.5. The highest BCUT2D eigenvalue weighted by atomic mass is 32.3. The molecule has 9 nitrogen and oxygen atoms in total. The van der Waals surface area contributed by atoms with Gasteiger partial charge in [-0.1, -0.05) is 0 Å². The highest BCUT2D eigenvalue weighted by molar-refractivity contribution is 8.26. The van der Waals surface area contributed by atoms with Gasteiger partial charge in [0.1, 0.15) is 33.5 Å². The van der Waals surface area contributed by atoms with E-state index in [0.717, 1.165) is 10.9 Å². The van der Waals surface area contributed by atoms with Crippen LogP contribution in [0.2, 0.25) is 0 Å². The van der Waals surface area contributed by atoms with Crippen LogP contribution in [0, 0.1) is 11.3 Å². The fraction of sp³-hybridized carbons (Fsp3) is 0.333. The van der Waals surface area contributed by atoms with Gasteiger partial charge in [-0.15, -0.1) is 0 Å². The molecule has 0 radical (unpaired) electrons. The summed E-state index contributed by atoms with van der Waals surface area (Å²) in [5.41, 5.74) is 7.85. The Morgan fingerprint density at radius 2 is 2.00 bits per heavy atom. The monoisotopic (exact) mass is 478 g/mol. The molecule has 0 unspecified atom stereocenters. The number of fused-ring (bicyclic) bond motifs is 4. The zero-order valence-electron chi connectivity index (χ0n) is 19.1. The molecule has 5 rings (SSSR count). The topological polar surface area (TPSA) is 150 Å². The minimum Gasteiger partial charge on any atom is -0.493 e. The molecule has 176 valence electrons. The Hall–Kier alpha value is -3.39. The summed E-state index contributed by atoms with van der Waals surface area (Å²) in [7, 11) is -3.15. The van der Waals surface area contributed by atoms with Crippen LogP contribution in [0.4, 0.5) is 11.5 Å². The Labute approximate surface area is 199 Å². The van der Waals surface area contributed by atoms with Gasteiger partial charge in [0.15, 0.2) is 5.82 Å². The summed E-state index contributed by atoms with van der Waals surface area (Å²) < 4.78 is 27.6. The maximum atomic E-state index is 11.3. The van der Waals surface area contributed by atoms with E-state index in [9.17, 15) is 9.11 Å². The van der Waals surface area contributed by atoms with Crippen molar-refractivity contribution in [1.82, 2.24) is 9.97 Å². The minimum atomic E-state index is -3.15. The van der Waals surface area contributed by atoms with Gasteiger partial charge in [0.05, 0.1) is 17.4 Å². The van der Waals surface area contributed by atoms with Crippen LogP contribution in [0.15, 0.2) is 47.7 Å². The molecule has 2 aliphatic heterocycles. The lowest BCUT2D eigenvalue weighted by atomic mass is 9.86. The van der Waals surface area contributed by atoms with Crippen molar-refractivity contribution in [3.05, 3.63) is 53.9 Å². The zero-order chi connectivity index (χ0) is 24.3. The second-order valence-corrected chi connectivity index (χ2v) is 12.1. The number of aromatic nitrogens is 2. The van der Waals surface area contributed by atoms with E-state index in [-0.39, 0.29) is 5.84 Å². The summed E-state index contributed by atoms with van der Waals surface area (Å²) in [5, 5.41) is 12.7.